The fourth-order valence-corrected chi connectivity index (χ4v) is 4.04. The van der Waals surface area contributed by atoms with Gasteiger partial charge in [-0.15, -0.1) is 0 Å². The van der Waals surface area contributed by atoms with Crippen LogP contribution in [0.1, 0.15) is 40.2 Å². The molecule has 6 heteroatoms. The minimum atomic E-state index is -0.0791. The molecule has 23 heavy (non-hydrogen) atoms. The molecule has 2 aliphatic rings. The second kappa shape index (κ2) is 5.76. The third-order valence-electron chi connectivity index (χ3n) is 4.91. The number of H-pyrrole nitrogens is 1. The van der Waals surface area contributed by atoms with Crippen molar-refractivity contribution in [3.63, 3.8) is 0 Å². The number of rotatable bonds is 4. The number of carbonyl (C=O) groups excluding carboxylic acids is 1. The average molecular weight is 375 g/mol. The SMILES string of the molecule is O=C(NCC1(c2ccccc2Br)CC1)c1n[nH]c2c1CNCC2. The van der Waals surface area contributed by atoms with Crippen LogP contribution in [0.15, 0.2) is 28.7 Å². The van der Waals surface area contributed by atoms with Gasteiger partial charge >= 0.3 is 0 Å². The van der Waals surface area contributed by atoms with Crippen LogP contribution < -0.4 is 10.6 Å². The van der Waals surface area contributed by atoms with E-state index in [9.17, 15) is 4.79 Å². The lowest BCUT2D eigenvalue weighted by Crippen LogP contribution is -2.34. The Morgan fingerprint density at radius 3 is 2.96 bits per heavy atom. The van der Waals surface area contributed by atoms with E-state index in [4.69, 9.17) is 0 Å². The van der Waals surface area contributed by atoms with E-state index in [-0.39, 0.29) is 11.3 Å². The maximum atomic E-state index is 12.5. The molecule has 0 atom stereocenters. The normalized spacial score (nSPS) is 18.3. The number of carbonyl (C=O) groups is 1. The number of nitrogens with one attached hydrogen (secondary N) is 3. The molecule has 0 radical (unpaired) electrons. The van der Waals surface area contributed by atoms with E-state index in [1.165, 1.54) is 5.56 Å². The van der Waals surface area contributed by atoms with Gasteiger partial charge in [0.2, 0.25) is 0 Å². The minimum absolute atomic E-state index is 0.0738. The molecule has 5 nitrogen and oxygen atoms in total. The first kappa shape index (κ1) is 14.9. The molecule has 0 spiro atoms. The first-order chi connectivity index (χ1) is 11.2. The molecular formula is C17H19BrN4O. The summed E-state index contributed by atoms with van der Waals surface area (Å²) in [7, 11) is 0. The number of fused-ring (bicyclic) bond motifs is 1. The minimum Gasteiger partial charge on any atom is -0.350 e. The highest BCUT2D eigenvalue weighted by atomic mass is 79.9. The lowest BCUT2D eigenvalue weighted by Gasteiger charge is -2.18. The van der Waals surface area contributed by atoms with Gasteiger partial charge in [0.25, 0.3) is 5.91 Å². The highest BCUT2D eigenvalue weighted by Gasteiger charge is 2.45. The number of amides is 1. The maximum absolute atomic E-state index is 12.5. The molecule has 1 aromatic heterocycles. The van der Waals surface area contributed by atoms with Gasteiger partial charge in [0, 0.05) is 47.2 Å². The third kappa shape index (κ3) is 2.70. The van der Waals surface area contributed by atoms with E-state index in [0.717, 1.165) is 41.5 Å². The van der Waals surface area contributed by atoms with E-state index >= 15 is 0 Å². The van der Waals surface area contributed by atoms with Gasteiger partial charge in [0.15, 0.2) is 5.69 Å². The van der Waals surface area contributed by atoms with Gasteiger partial charge in [-0.3, -0.25) is 9.89 Å². The van der Waals surface area contributed by atoms with Crippen LogP contribution in [-0.4, -0.2) is 29.2 Å². The Hall–Kier alpha value is -1.66. The zero-order chi connectivity index (χ0) is 15.9. The van der Waals surface area contributed by atoms with Gasteiger partial charge in [-0.2, -0.15) is 5.10 Å². The van der Waals surface area contributed by atoms with Crippen molar-refractivity contribution >= 4 is 21.8 Å². The van der Waals surface area contributed by atoms with Crippen LogP contribution >= 0.6 is 15.9 Å². The molecule has 4 rings (SSSR count). The fraction of sp³-hybridized carbons (Fsp3) is 0.412. The van der Waals surface area contributed by atoms with Crippen LogP contribution in [-0.2, 0) is 18.4 Å². The Balaban J connectivity index is 1.48. The molecule has 1 amide bonds. The Kier molecular flexibility index (Phi) is 3.73. The standard InChI is InChI=1S/C17H19BrN4O/c18-13-4-2-1-3-12(13)17(6-7-17)10-20-16(23)15-11-9-19-8-5-14(11)21-22-15/h1-4,19H,5-10H2,(H,20,23)(H,21,22). The molecular weight excluding hydrogens is 356 g/mol. The largest absolute Gasteiger partial charge is 0.350 e. The van der Waals surface area contributed by atoms with Crippen molar-refractivity contribution < 1.29 is 4.79 Å². The van der Waals surface area contributed by atoms with E-state index in [0.29, 0.717) is 18.8 Å². The van der Waals surface area contributed by atoms with E-state index in [1.54, 1.807) is 0 Å². The summed E-state index contributed by atoms with van der Waals surface area (Å²) in [6.45, 7) is 2.30. The summed E-state index contributed by atoms with van der Waals surface area (Å²) < 4.78 is 1.12. The number of aromatic amines is 1. The topological polar surface area (TPSA) is 69.8 Å². The highest BCUT2D eigenvalue weighted by molar-refractivity contribution is 9.10. The maximum Gasteiger partial charge on any atom is 0.272 e. The van der Waals surface area contributed by atoms with Crippen LogP contribution in [0.5, 0.6) is 0 Å². The Morgan fingerprint density at radius 2 is 2.17 bits per heavy atom. The molecule has 3 N–H and O–H groups in total. The lowest BCUT2D eigenvalue weighted by molar-refractivity contribution is 0.0943. The molecule has 120 valence electrons. The Morgan fingerprint density at radius 1 is 1.35 bits per heavy atom. The summed E-state index contributed by atoms with van der Waals surface area (Å²) in [6.07, 6.45) is 3.11. The van der Waals surface area contributed by atoms with Crippen molar-refractivity contribution in [1.29, 1.82) is 0 Å². The van der Waals surface area contributed by atoms with Crippen molar-refractivity contribution in [3.05, 3.63) is 51.3 Å². The highest BCUT2D eigenvalue weighted by Crippen LogP contribution is 2.49. The Labute approximate surface area is 143 Å². The molecule has 1 aliphatic carbocycles. The third-order valence-corrected chi connectivity index (χ3v) is 5.60. The smallest absolute Gasteiger partial charge is 0.272 e. The van der Waals surface area contributed by atoms with Crippen LogP contribution in [0, 0.1) is 0 Å². The zero-order valence-corrected chi connectivity index (χ0v) is 14.4. The summed E-state index contributed by atoms with van der Waals surface area (Å²) in [5.41, 5.74) is 3.99. The van der Waals surface area contributed by atoms with Gasteiger partial charge in [-0.25, -0.2) is 0 Å². The summed E-state index contributed by atoms with van der Waals surface area (Å²) in [5.74, 6) is -0.0791. The first-order valence-electron chi connectivity index (χ1n) is 8.00. The molecule has 1 fully saturated rings. The molecule has 0 saturated heterocycles. The summed E-state index contributed by atoms with van der Waals surface area (Å²) in [4.78, 5) is 12.5. The molecule has 1 aromatic carbocycles. The average Bonchev–Trinajstić information content (AvgIpc) is 3.24. The van der Waals surface area contributed by atoms with E-state index in [1.807, 2.05) is 6.07 Å². The predicted molar refractivity (Wildman–Crippen MR) is 91.4 cm³/mol. The number of hydrogen-bond acceptors (Lipinski definition) is 3. The van der Waals surface area contributed by atoms with Crippen LogP contribution in [0.25, 0.3) is 0 Å². The molecule has 1 saturated carbocycles. The predicted octanol–water partition coefficient (Wildman–Crippen LogP) is 2.28. The fourth-order valence-electron chi connectivity index (χ4n) is 3.33. The summed E-state index contributed by atoms with van der Waals surface area (Å²) in [6, 6.07) is 8.28. The van der Waals surface area contributed by atoms with Gasteiger partial charge in [0.1, 0.15) is 0 Å². The summed E-state index contributed by atoms with van der Waals surface area (Å²) >= 11 is 3.63. The van der Waals surface area contributed by atoms with Crippen molar-refractivity contribution in [1.82, 2.24) is 20.8 Å². The van der Waals surface area contributed by atoms with Gasteiger partial charge in [-0.1, -0.05) is 34.1 Å². The monoisotopic (exact) mass is 374 g/mol. The molecule has 2 heterocycles. The quantitative estimate of drug-likeness (QED) is 0.768. The molecule has 2 aromatic rings. The zero-order valence-electron chi connectivity index (χ0n) is 12.8. The van der Waals surface area contributed by atoms with Gasteiger partial charge < -0.3 is 10.6 Å². The first-order valence-corrected chi connectivity index (χ1v) is 8.79. The van der Waals surface area contributed by atoms with Crippen LogP contribution in [0.3, 0.4) is 0 Å². The number of nitrogens with zero attached hydrogens (tertiary/aromatic N) is 1. The van der Waals surface area contributed by atoms with Crippen LogP contribution in [0.2, 0.25) is 0 Å². The number of aromatic nitrogens is 2. The lowest BCUT2D eigenvalue weighted by atomic mass is 9.96. The molecule has 0 bridgehead atoms. The van der Waals surface area contributed by atoms with Gasteiger partial charge in [-0.05, 0) is 24.5 Å². The van der Waals surface area contributed by atoms with Crippen LogP contribution in [0.4, 0.5) is 0 Å². The van der Waals surface area contributed by atoms with Gasteiger partial charge in [0.05, 0.1) is 0 Å². The number of halogens is 1. The molecule has 0 unspecified atom stereocenters. The van der Waals surface area contributed by atoms with Crippen molar-refractivity contribution in [2.45, 2.75) is 31.2 Å². The van der Waals surface area contributed by atoms with E-state index in [2.05, 4.69) is 55.0 Å². The van der Waals surface area contributed by atoms with Crippen molar-refractivity contribution in [2.75, 3.05) is 13.1 Å². The summed E-state index contributed by atoms with van der Waals surface area (Å²) in [5, 5.41) is 13.6. The number of hydrogen-bond donors (Lipinski definition) is 3. The Bertz CT molecular complexity index is 751. The molecule has 1 aliphatic heterocycles. The van der Waals surface area contributed by atoms with E-state index < -0.39 is 0 Å². The second-order valence-electron chi connectivity index (χ2n) is 6.40. The second-order valence-corrected chi connectivity index (χ2v) is 7.25. The van der Waals surface area contributed by atoms with Crippen molar-refractivity contribution in [2.24, 2.45) is 0 Å². The van der Waals surface area contributed by atoms with Crippen molar-refractivity contribution in [3.8, 4) is 0 Å². The number of benzene rings is 1.